The van der Waals surface area contributed by atoms with E-state index in [1.807, 2.05) is 0 Å². The maximum atomic E-state index is 11.5. The van der Waals surface area contributed by atoms with Crippen LogP contribution in [0.1, 0.15) is 0 Å². The maximum absolute atomic E-state index is 11.5. The van der Waals surface area contributed by atoms with E-state index in [1.165, 1.54) is 13.3 Å². The summed E-state index contributed by atoms with van der Waals surface area (Å²) < 4.78 is 13.4. The van der Waals surface area contributed by atoms with E-state index in [9.17, 15) is 14.4 Å². The molecule has 0 heterocycles. The molecule has 0 aliphatic heterocycles. The van der Waals surface area contributed by atoms with E-state index in [-0.39, 0.29) is 11.3 Å². The van der Waals surface area contributed by atoms with Crippen LogP contribution < -0.4 is 5.32 Å². The molecule has 0 bridgehead atoms. The van der Waals surface area contributed by atoms with Crippen molar-refractivity contribution in [3.63, 3.8) is 0 Å². The quantitative estimate of drug-likeness (QED) is 0.227. The summed E-state index contributed by atoms with van der Waals surface area (Å²) in [4.78, 5) is 35.9. The fraction of sp³-hybridized carbons (Fsp3) is 0.417. The van der Waals surface area contributed by atoms with Gasteiger partial charge in [0.25, 0.3) is 0 Å². The van der Waals surface area contributed by atoms with Crippen molar-refractivity contribution in [3.05, 3.63) is 23.7 Å². The van der Waals surface area contributed by atoms with Gasteiger partial charge in [-0.25, -0.2) is 14.4 Å². The predicted molar refractivity (Wildman–Crippen MR) is 69.0 cm³/mol. The summed E-state index contributed by atoms with van der Waals surface area (Å²) in [5.41, 5.74) is -0.355. The zero-order valence-corrected chi connectivity index (χ0v) is 12.1. The number of esters is 3. The molecule has 0 amide bonds. The van der Waals surface area contributed by atoms with E-state index in [4.69, 9.17) is 0 Å². The lowest BCUT2D eigenvalue weighted by atomic mass is 10.3. The molecule has 0 saturated carbocycles. The molecule has 0 atom stereocenters. The van der Waals surface area contributed by atoms with Crippen LogP contribution in [0.25, 0.3) is 0 Å². The van der Waals surface area contributed by atoms with Crippen molar-refractivity contribution >= 4 is 17.9 Å². The van der Waals surface area contributed by atoms with Crippen LogP contribution in [-0.4, -0.2) is 58.2 Å². The lowest BCUT2D eigenvalue weighted by Crippen LogP contribution is -2.24. The summed E-state index contributed by atoms with van der Waals surface area (Å²) in [7, 11) is 6.83. The number of hydrogen-bond donors (Lipinski definition) is 1. The van der Waals surface area contributed by atoms with Gasteiger partial charge in [-0.05, 0) is 0 Å². The second kappa shape index (κ2) is 8.57. The van der Waals surface area contributed by atoms with Crippen molar-refractivity contribution < 1.29 is 28.6 Å². The molecular weight excluding hydrogens is 268 g/mol. The average molecular weight is 286 g/mol. The third-order valence-corrected chi connectivity index (χ3v) is 1.98. The lowest BCUT2D eigenvalue weighted by Gasteiger charge is -2.11. The molecule has 20 heavy (non-hydrogen) atoms. The number of nitrogens with zero attached hydrogens (tertiary/aromatic N) is 1. The van der Waals surface area contributed by atoms with Gasteiger partial charge in [-0.15, -0.1) is 0 Å². The monoisotopic (exact) mass is 286 g/mol. The first-order chi connectivity index (χ1) is 9.37. The predicted octanol–water partition coefficient (Wildman–Crippen LogP) is -0.618. The highest BCUT2D eigenvalue weighted by Crippen LogP contribution is 2.02. The van der Waals surface area contributed by atoms with Crippen molar-refractivity contribution in [2.45, 2.75) is 0 Å². The highest BCUT2D eigenvalue weighted by molar-refractivity contribution is 6.14. The molecule has 0 radical (unpaired) electrons. The summed E-state index contributed by atoms with van der Waals surface area (Å²) in [5, 5.41) is 2.51. The molecule has 112 valence electrons. The molecule has 8 nitrogen and oxygen atoms in total. The van der Waals surface area contributed by atoms with Crippen LogP contribution in [0.4, 0.5) is 0 Å². The van der Waals surface area contributed by atoms with Crippen LogP contribution in [0.5, 0.6) is 0 Å². The number of ether oxygens (including phenoxy) is 3. The van der Waals surface area contributed by atoms with Crippen LogP contribution in [0, 0.1) is 0 Å². The molecule has 8 heteroatoms. The van der Waals surface area contributed by atoms with Crippen LogP contribution in [-0.2, 0) is 28.6 Å². The molecule has 0 fully saturated rings. The van der Waals surface area contributed by atoms with Crippen LogP contribution in [0.15, 0.2) is 23.7 Å². The standard InChI is InChI=1S/C12H18N2O6/c1-14(2)7-9(12(17)20-5)13-6-8(10(15)18-3)11(16)19-4/h6-7,13H,1-5H3/b9-7-. The minimum atomic E-state index is -0.890. The Kier molecular flexibility index (Phi) is 7.49. The van der Waals surface area contributed by atoms with Crippen LogP contribution in [0.2, 0.25) is 0 Å². The van der Waals surface area contributed by atoms with Crippen molar-refractivity contribution in [3.8, 4) is 0 Å². The van der Waals surface area contributed by atoms with Gasteiger partial charge in [0.2, 0.25) is 0 Å². The number of nitrogens with one attached hydrogen (secondary N) is 1. The largest absolute Gasteiger partial charge is 0.465 e. The van der Waals surface area contributed by atoms with E-state index < -0.39 is 17.9 Å². The van der Waals surface area contributed by atoms with Crippen LogP contribution >= 0.6 is 0 Å². The van der Waals surface area contributed by atoms with Crippen LogP contribution in [0.3, 0.4) is 0 Å². The molecule has 0 aliphatic rings. The Bertz CT molecular complexity index is 421. The molecule has 0 saturated heterocycles. The molecule has 0 aromatic heterocycles. The molecular formula is C12H18N2O6. The van der Waals surface area contributed by atoms with E-state index in [0.29, 0.717) is 0 Å². The first-order valence-corrected chi connectivity index (χ1v) is 5.47. The number of methoxy groups -OCH3 is 3. The van der Waals surface area contributed by atoms with Crippen molar-refractivity contribution in [2.24, 2.45) is 0 Å². The maximum Gasteiger partial charge on any atom is 0.355 e. The van der Waals surface area contributed by atoms with Gasteiger partial charge in [-0.2, -0.15) is 0 Å². The van der Waals surface area contributed by atoms with Crippen molar-refractivity contribution in [1.29, 1.82) is 0 Å². The van der Waals surface area contributed by atoms with Gasteiger partial charge in [0.15, 0.2) is 5.57 Å². The second-order valence-corrected chi connectivity index (χ2v) is 3.68. The number of rotatable bonds is 6. The van der Waals surface area contributed by atoms with Gasteiger partial charge in [0.05, 0.1) is 21.3 Å². The Balaban J connectivity index is 5.28. The normalized spacial score (nSPS) is 10.2. The first kappa shape index (κ1) is 17.5. The molecule has 0 spiro atoms. The Morgan fingerprint density at radius 2 is 1.35 bits per heavy atom. The van der Waals surface area contributed by atoms with E-state index in [2.05, 4.69) is 19.5 Å². The summed E-state index contributed by atoms with van der Waals surface area (Å²) in [6.45, 7) is 0. The summed E-state index contributed by atoms with van der Waals surface area (Å²) in [6, 6.07) is 0. The SMILES string of the molecule is COC(=O)C(=CN/C(=C\N(C)C)C(=O)OC)C(=O)OC. The lowest BCUT2D eigenvalue weighted by molar-refractivity contribution is -0.144. The topological polar surface area (TPSA) is 94.2 Å². The smallest absolute Gasteiger partial charge is 0.355 e. The summed E-state index contributed by atoms with van der Waals surface area (Å²) in [6.07, 6.45) is 2.44. The average Bonchev–Trinajstić information content (AvgIpc) is 2.43. The first-order valence-electron chi connectivity index (χ1n) is 5.47. The minimum Gasteiger partial charge on any atom is -0.465 e. The van der Waals surface area contributed by atoms with E-state index in [1.54, 1.807) is 19.0 Å². The number of carbonyl (C=O) groups excluding carboxylic acids is 3. The second-order valence-electron chi connectivity index (χ2n) is 3.68. The van der Waals surface area contributed by atoms with Crippen molar-refractivity contribution in [2.75, 3.05) is 35.4 Å². The third kappa shape index (κ3) is 5.42. The van der Waals surface area contributed by atoms with Gasteiger partial charge in [-0.3, -0.25) is 0 Å². The molecule has 0 aliphatic carbocycles. The number of carbonyl (C=O) groups is 3. The molecule has 1 N–H and O–H groups in total. The van der Waals surface area contributed by atoms with E-state index >= 15 is 0 Å². The van der Waals surface area contributed by atoms with E-state index in [0.717, 1.165) is 20.4 Å². The zero-order chi connectivity index (χ0) is 15.7. The van der Waals surface area contributed by atoms with Gasteiger partial charge < -0.3 is 24.4 Å². The molecule has 0 unspecified atom stereocenters. The van der Waals surface area contributed by atoms with Gasteiger partial charge in [-0.1, -0.05) is 0 Å². The Morgan fingerprint density at radius 1 is 0.900 bits per heavy atom. The highest BCUT2D eigenvalue weighted by atomic mass is 16.5. The highest BCUT2D eigenvalue weighted by Gasteiger charge is 2.20. The molecule has 0 aromatic rings. The minimum absolute atomic E-state index is 0.0304. The fourth-order valence-electron chi connectivity index (χ4n) is 1.09. The Morgan fingerprint density at radius 3 is 1.70 bits per heavy atom. The fourth-order valence-corrected chi connectivity index (χ4v) is 1.09. The summed E-state index contributed by atoms with van der Waals surface area (Å²) in [5.74, 6) is -2.44. The number of hydrogen-bond acceptors (Lipinski definition) is 8. The Hall–Kier alpha value is -2.51. The zero-order valence-electron chi connectivity index (χ0n) is 12.1. The third-order valence-electron chi connectivity index (χ3n) is 1.98. The summed E-state index contributed by atoms with van der Waals surface area (Å²) >= 11 is 0. The van der Waals surface area contributed by atoms with Gasteiger partial charge >= 0.3 is 17.9 Å². The molecule has 0 aromatic carbocycles. The Labute approximate surface area is 117 Å². The van der Waals surface area contributed by atoms with Gasteiger partial charge in [0, 0.05) is 26.5 Å². The van der Waals surface area contributed by atoms with Gasteiger partial charge in [0.1, 0.15) is 5.70 Å². The molecule has 0 rings (SSSR count). The van der Waals surface area contributed by atoms with Crippen molar-refractivity contribution in [1.82, 2.24) is 10.2 Å².